The highest BCUT2D eigenvalue weighted by Crippen LogP contribution is 2.25. The van der Waals surface area contributed by atoms with Crippen molar-refractivity contribution in [2.75, 3.05) is 6.61 Å². The van der Waals surface area contributed by atoms with Gasteiger partial charge in [0.1, 0.15) is 17.5 Å². The van der Waals surface area contributed by atoms with Crippen LogP contribution in [-0.2, 0) is 6.42 Å². The van der Waals surface area contributed by atoms with E-state index >= 15 is 0 Å². The highest BCUT2D eigenvalue weighted by molar-refractivity contribution is 7.09. The summed E-state index contributed by atoms with van der Waals surface area (Å²) >= 11 is 1.65. The second-order valence-corrected chi connectivity index (χ2v) is 5.60. The molecule has 0 amide bonds. The smallest absolute Gasteiger partial charge is 0.186 e. The minimum Gasteiger partial charge on any atom is -0.492 e. The van der Waals surface area contributed by atoms with Crippen molar-refractivity contribution in [2.24, 2.45) is 0 Å². The molecule has 5 nitrogen and oxygen atoms in total. The molecule has 1 aromatic carbocycles. The van der Waals surface area contributed by atoms with Crippen molar-refractivity contribution in [2.45, 2.75) is 13.3 Å². The average molecular weight is 310 g/mol. The molecule has 2 heterocycles. The summed E-state index contributed by atoms with van der Waals surface area (Å²) in [4.78, 5) is 1.16. The standard InChI is InChI=1S/C16H14N4OS/c1-2-21-16-8-4-3-7-14(16)20-15(13(11-17)18-19-20)10-12-6-5-9-22-12/h3-9H,2,10H2,1H3. The molecule has 0 fully saturated rings. The second-order valence-electron chi connectivity index (χ2n) is 4.57. The van der Waals surface area contributed by atoms with E-state index in [1.54, 1.807) is 16.0 Å². The molecule has 0 N–H and O–H groups in total. The Morgan fingerprint density at radius 1 is 1.27 bits per heavy atom. The van der Waals surface area contributed by atoms with Gasteiger partial charge in [0, 0.05) is 11.3 Å². The SMILES string of the molecule is CCOc1ccccc1-n1nnc(C#N)c1Cc1cccs1. The Labute approximate surface area is 132 Å². The largest absolute Gasteiger partial charge is 0.492 e. The summed E-state index contributed by atoms with van der Waals surface area (Å²) in [6.45, 7) is 2.50. The maximum atomic E-state index is 9.29. The summed E-state index contributed by atoms with van der Waals surface area (Å²) in [5.74, 6) is 0.729. The second kappa shape index (κ2) is 6.41. The topological polar surface area (TPSA) is 63.7 Å². The molecule has 0 bridgehead atoms. The van der Waals surface area contributed by atoms with E-state index in [-0.39, 0.29) is 0 Å². The van der Waals surface area contributed by atoms with Crippen LogP contribution in [0.2, 0.25) is 0 Å². The molecule has 0 atom stereocenters. The third kappa shape index (κ3) is 2.71. The zero-order valence-corrected chi connectivity index (χ0v) is 12.9. The van der Waals surface area contributed by atoms with E-state index < -0.39 is 0 Å². The first-order chi connectivity index (χ1) is 10.8. The number of ether oxygens (including phenoxy) is 1. The van der Waals surface area contributed by atoms with Crippen molar-refractivity contribution >= 4 is 11.3 Å². The van der Waals surface area contributed by atoms with Gasteiger partial charge in [-0.25, -0.2) is 4.68 Å². The van der Waals surface area contributed by atoms with Gasteiger partial charge in [-0.3, -0.25) is 0 Å². The quantitative estimate of drug-likeness (QED) is 0.726. The monoisotopic (exact) mass is 310 g/mol. The highest BCUT2D eigenvalue weighted by Gasteiger charge is 2.17. The van der Waals surface area contributed by atoms with Gasteiger partial charge in [0.05, 0.1) is 12.3 Å². The van der Waals surface area contributed by atoms with Crippen molar-refractivity contribution in [1.82, 2.24) is 15.0 Å². The number of nitriles is 1. The Hall–Kier alpha value is -2.65. The van der Waals surface area contributed by atoms with Crippen LogP contribution in [0.3, 0.4) is 0 Å². The fraction of sp³-hybridized carbons (Fsp3) is 0.188. The summed E-state index contributed by atoms with van der Waals surface area (Å²) in [7, 11) is 0. The van der Waals surface area contributed by atoms with Gasteiger partial charge in [-0.1, -0.05) is 23.4 Å². The van der Waals surface area contributed by atoms with Crippen LogP contribution in [0.5, 0.6) is 5.75 Å². The van der Waals surface area contributed by atoms with Crippen molar-refractivity contribution in [1.29, 1.82) is 5.26 Å². The molecule has 0 saturated heterocycles. The number of hydrogen-bond acceptors (Lipinski definition) is 5. The zero-order chi connectivity index (χ0) is 15.4. The number of hydrogen-bond donors (Lipinski definition) is 0. The fourth-order valence-corrected chi connectivity index (χ4v) is 2.94. The number of aromatic nitrogens is 3. The molecule has 22 heavy (non-hydrogen) atoms. The lowest BCUT2D eigenvalue weighted by Gasteiger charge is -2.11. The normalized spacial score (nSPS) is 10.4. The molecule has 0 aliphatic rings. The van der Waals surface area contributed by atoms with E-state index in [1.807, 2.05) is 48.7 Å². The number of nitrogens with zero attached hydrogens (tertiary/aromatic N) is 4. The lowest BCUT2D eigenvalue weighted by Crippen LogP contribution is -2.06. The number of rotatable bonds is 5. The van der Waals surface area contributed by atoms with Gasteiger partial charge in [0.15, 0.2) is 5.69 Å². The summed E-state index contributed by atoms with van der Waals surface area (Å²) in [5, 5.41) is 19.4. The van der Waals surface area contributed by atoms with E-state index in [0.29, 0.717) is 18.7 Å². The third-order valence-corrected chi connectivity index (χ3v) is 4.06. The fourth-order valence-electron chi connectivity index (χ4n) is 2.23. The van der Waals surface area contributed by atoms with Crippen LogP contribution in [0.25, 0.3) is 5.69 Å². The van der Waals surface area contributed by atoms with E-state index in [0.717, 1.165) is 22.0 Å². The van der Waals surface area contributed by atoms with Gasteiger partial charge in [0.25, 0.3) is 0 Å². The molecule has 0 aliphatic heterocycles. The van der Waals surface area contributed by atoms with Crippen LogP contribution >= 0.6 is 11.3 Å². The molecule has 3 rings (SSSR count). The maximum absolute atomic E-state index is 9.29. The van der Waals surface area contributed by atoms with Gasteiger partial charge >= 0.3 is 0 Å². The molecule has 3 aromatic rings. The molecule has 0 saturated carbocycles. The van der Waals surface area contributed by atoms with Crippen molar-refractivity contribution in [3.63, 3.8) is 0 Å². The van der Waals surface area contributed by atoms with Crippen LogP contribution < -0.4 is 4.74 Å². The Balaban J connectivity index is 2.08. The predicted molar refractivity (Wildman–Crippen MR) is 84.4 cm³/mol. The van der Waals surface area contributed by atoms with Crippen LogP contribution in [-0.4, -0.2) is 21.6 Å². The predicted octanol–water partition coefficient (Wildman–Crippen LogP) is 3.19. The maximum Gasteiger partial charge on any atom is 0.186 e. The number of thiophene rings is 1. The first-order valence-electron chi connectivity index (χ1n) is 6.92. The van der Waals surface area contributed by atoms with Crippen molar-refractivity contribution in [3.8, 4) is 17.5 Å². The van der Waals surface area contributed by atoms with Crippen LogP contribution in [0.4, 0.5) is 0 Å². The minimum atomic E-state index is 0.347. The highest BCUT2D eigenvalue weighted by atomic mass is 32.1. The van der Waals surface area contributed by atoms with Gasteiger partial charge in [-0.15, -0.1) is 16.4 Å². The molecular weight excluding hydrogens is 296 g/mol. The molecule has 0 radical (unpaired) electrons. The number of para-hydroxylation sites is 2. The molecule has 6 heteroatoms. The van der Waals surface area contributed by atoms with E-state index in [1.165, 1.54) is 0 Å². The summed E-state index contributed by atoms with van der Waals surface area (Å²) in [6.07, 6.45) is 0.619. The molecular formula is C16H14N4OS. The van der Waals surface area contributed by atoms with Crippen LogP contribution in [0.1, 0.15) is 23.2 Å². The Morgan fingerprint density at radius 3 is 2.86 bits per heavy atom. The van der Waals surface area contributed by atoms with Gasteiger partial charge in [0.2, 0.25) is 0 Å². The van der Waals surface area contributed by atoms with Crippen molar-refractivity contribution < 1.29 is 4.74 Å². The van der Waals surface area contributed by atoms with Gasteiger partial charge in [-0.2, -0.15) is 5.26 Å². The molecule has 0 aliphatic carbocycles. The Morgan fingerprint density at radius 2 is 2.14 bits per heavy atom. The first kappa shape index (κ1) is 14.3. The molecule has 0 spiro atoms. The summed E-state index contributed by atoms with van der Waals surface area (Å²) in [6, 6.07) is 13.8. The van der Waals surface area contributed by atoms with Gasteiger partial charge < -0.3 is 4.74 Å². The minimum absolute atomic E-state index is 0.347. The Kier molecular flexibility index (Phi) is 4.17. The van der Waals surface area contributed by atoms with E-state index in [4.69, 9.17) is 4.74 Å². The Bertz CT molecular complexity index is 802. The third-order valence-electron chi connectivity index (χ3n) is 3.18. The van der Waals surface area contributed by atoms with Gasteiger partial charge in [-0.05, 0) is 30.5 Å². The van der Waals surface area contributed by atoms with E-state index in [9.17, 15) is 5.26 Å². The van der Waals surface area contributed by atoms with Crippen molar-refractivity contribution in [3.05, 3.63) is 58.0 Å². The molecule has 0 unspecified atom stereocenters. The average Bonchev–Trinajstić information content (AvgIpc) is 3.18. The summed E-state index contributed by atoms with van der Waals surface area (Å²) < 4.78 is 7.35. The lowest BCUT2D eigenvalue weighted by atomic mass is 10.2. The summed E-state index contributed by atoms with van der Waals surface area (Å²) in [5.41, 5.74) is 1.92. The van der Waals surface area contributed by atoms with Crippen LogP contribution in [0, 0.1) is 11.3 Å². The lowest BCUT2D eigenvalue weighted by molar-refractivity contribution is 0.338. The molecule has 2 aromatic heterocycles. The van der Waals surface area contributed by atoms with E-state index in [2.05, 4.69) is 16.4 Å². The number of benzene rings is 1. The molecule has 110 valence electrons. The first-order valence-corrected chi connectivity index (χ1v) is 7.80. The zero-order valence-electron chi connectivity index (χ0n) is 12.1. The van der Waals surface area contributed by atoms with Crippen LogP contribution in [0.15, 0.2) is 41.8 Å².